The van der Waals surface area contributed by atoms with Crippen molar-refractivity contribution < 1.29 is 19.1 Å². The Labute approximate surface area is 96.5 Å². The number of carbonyl (C=O) groups is 2. The summed E-state index contributed by atoms with van der Waals surface area (Å²) < 4.78 is 6.84. The zero-order valence-electron chi connectivity index (χ0n) is 8.79. The van der Waals surface area contributed by atoms with E-state index < -0.39 is 6.09 Å². The molecule has 0 aliphatic rings. The van der Waals surface area contributed by atoms with Gasteiger partial charge in [0.2, 0.25) is 0 Å². The number of aldehydes is 1. The monoisotopic (exact) mass is 234 g/mol. The number of nitrogens with zero attached hydrogens (tertiary/aromatic N) is 1. The lowest BCUT2D eigenvalue weighted by Gasteiger charge is -2.05. The number of nitrogens with one attached hydrogen (secondary N) is 1. The Balaban J connectivity index is 2.21. The van der Waals surface area contributed by atoms with Crippen molar-refractivity contribution >= 4 is 18.1 Å². The summed E-state index contributed by atoms with van der Waals surface area (Å²) in [7, 11) is 0. The Kier molecular flexibility index (Phi) is 2.95. The third-order valence-electron chi connectivity index (χ3n) is 2.29. The van der Waals surface area contributed by atoms with Crippen molar-refractivity contribution in [2.45, 2.75) is 6.54 Å². The van der Waals surface area contributed by atoms with Gasteiger partial charge < -0.3 is 14.1 Å². The van der Waals surface area contributed by atoms with Crippen molar-refractivity contribution in [3.63, 3.8) is 0 Å². The van der Waals surface area contributed by atoms with Crippen LogP contribution in [0.2, 0.25) is 0 Å². The zero-order chi connectivity index (χ0) is 12.3. The minimum atomic E-state index is -1.16. The van der Waals surface area contributed by atoms with Crippen LogP contribution in [0.3, 0.4) is 0 Å². The van der Waals surface area contributed by atoms with Gasteiger partial charge in [-0.25, -0.2) is 4.79 Å². The largest absolute Gasteiger partial charge is 0.465 e. The molecule has 0 aliphatic carbocycles. The van der Waals surface area contributed by atoms with Gasteiger partial charge in [-0.15, -0.1) is 0 Å². The molecule has 0 bridgehead atoms. The van der Waals surface area contributed by atoms with Crippen LogP contribution < -0.4 is 5.32 Å². The molecule has 2 heterocycles. The highest BCUT2D eigenvalue weighted by Crippen LogP contribution is 2.18. The number of carboxylic acid groups (broad SMARTS) is 1. The highest BCUT2D eigenvalue weighted by Gasteiger charge is 2.10. The molecule has 0 saturated heterocycles. The molecule has 0 atom stereocenters. The Morgan fingerprint density at radius 2 is 2.35 bits per heavy atom. The lowest BCUT2D eigenvalue weighted by molar-refractivity contribution is 0.111. The maximum absolute atomic E-state index is 10.7. The minimum Gasteiger partial charge on any atom is -0.465 e. The maximum atomic E-state index is 10.7. The third kappa shape index (κ3) is 2.36. The second-order valence-corrected chi connectivity index (χ2v) is 3.37. The number of furan rings is 1. The molecule has 2 rings (SSSR count). The third-order valence-corrected chi connectivity index (χ3v) is 2.29. The van der Waals surface area contributed by atoms with Crippen LogP contribution in [0, 0.1) is 0 Å². The van der Waals surface area contributed by atoms with E-state index in [1.165, 1.54) is 12.3 Å². The van der Waals surface area contributed by atoms with Crippen LogP contribution in [0.4, 0.5) is 10.5 Å². The topological polar surface area (TPSA) is 84.5 Å². The molecular formula is C11H10N2O4. The Bertz CT molecular complexity index is 541. The van der Waals surface area contributed by atoms with Crippen LogP contribution >= 0.6 is 0 Å². The van der Waals surface area contributed by atoms with E-state index in [1.54, 1.807) is 22.9 Å². The average molecular weight is 234 g/mol. The van der Waals surface area contributed by atoms with E-state index in [-0.39, 0.29) is 0 Å². The lowest BCUT2D eigenvalue weighted by atomic mass is 10.3. The Morgan fingerprint density at radius 1 is 1.53 bits per heavy atom. The predicted octanol–water partition coefficient (Wildman–Crippen LogP) is 2.03. The Hall–Kier alpha value is -2.50. The van der Waals surface area contributed by atoms with Gasteiger partial charge >= 0.3 is 6.09 Å². The van der Waals surface area contributed by atoms with Crippen molar-refractivity contribution in [2.75, 3.05) is 5.32 Å². The number of aromatic nitrogens is 1. The normalized spacial score (nSPS) is 10.1. The number of hydrogen-bond donors (Lipinski definition) is 2. The first-order chi connectivity index (χ1) is 8.20. The fourth-order valence-corrected chi connectivity index (χ4v) is 1.52. The van der Waals surface area contributed by atoms with E-state index >= 15 is 0 Å². The first-order valence-electron chi connectivity index (χ1n) is 4.87. The summed E-state index contributed by atoms with van der Waals surface area (Å²) in [5.74, 6) is 0.451. The molecule has 2 aromatic rings. The molecule has 2 N–H and O–H groups in total. The standard InChI is InChI=1S/C11H10N2O4/c14-7-8-2-1-4-13(8)6-10-9(3-5-17-10)12-11(15)16/h1-5,7,12H,6H2,(H,15,16). The molecule has 0 spiro atoms. The highest BCUT2D eigenvalue weighted by atomic mass is 16.4. The zero-order valence-corrected chi connectivity index (χ0v) is 8.79. The molecule has 88 valence electrons. The maximum Gasteiger partial charge on any atom is 0.409 e. The average Bonchev–Trinajstić information content (AvgIpc) is 2.88. The van der Waals surface area contributed by atoms with E-state index in [4.69, 9.17) is 9.52 Å². The highest BCUT2D eigenvalue weighted by molar-refractivity contribution is 5.83. The molecule has 2 aromatic heterocycles. The van der Waals surface area contributed by atoms with E-state index in [0.29, 0.717) is 23.7 Å². The summed E-state index contributed by atoms with van der Waals surface area (Å²) in [6.07, 6.45) is 2.69. The van der Waals surface area contributed by atoms with Gasteiger partial charge in [0.05, 0.1) is 24.2 Å². The van der Waals surface area contributed by atoms with Crippen molar-refractivity contribution in [3.05, 3.63) is 42.1 Å². The van der Waals surface area contributed by atoms with Gasteiger partial charge in [-0.05, 0) is 12.1 Å². The summed E-state index contributed by atoms with van der Waals surface area (Å²) in [6.45, 7) is 0.295. The molecule has 0 saturated carbocycles. The van der Waals surface area contributed by atoms with Gasteiger partial charge in [0.15, 0.2) is 6.29 Å². The van der Waals surface area contributed by atoms with Crippen LogP contribution in [0.25, 0.3) is 0 Å². The van der Waals surface area contributed by atoms with Crippen LogP contribution in [0.5, 0.6) is 0 Å². The van der Waals surface area contributed by atoms with Gasteiger partial charge in [0.25, 0.3) is 0 Å². The van der Waals surface area contributed by atoms with Crippen LogP contribution in [0.15, 0.2) is 35.1 Å². The molecule has 0 unspecified atom stereocenters. The number of hydrogen-bond acceptors (Lipinski definition) is 3. The van der Waals surface area contributed by atoms with Gasteiger partial charge in [0.1, 0.15) is 5.76 Å². The minimum absolute atomic E-state index is 0.295. The molecule has 6 heteroatoms. The van der Waals surface area contributed by atoms with Crippen molar-refractivity contribution in [1.29, 1.82) is 0 Å². The molecule has 1 amide bonds. The Morgan fingerprint density at radius 3 is 3.06 bits per heavy atom. The molecule has 0 aliphatic heterocycles. The fraction of sp³-hybridized carbons (Fsp3) is 0.0909. The molecule has 17 heavy (non-hydrogen) atoms. The number of amides is 1. The van der Waals surface area contributed by atoms with E-state index in [9.17, 15) is 9.59 Å². The summed E-state index contributed by atoms with van der Waals surface area (Å²) in [5.41, 5.74) is 0.880. The second kappa shape index (κ2) is 4.56. The smallest absolute Gasteiger partial charge is 0.409 e. The van der Waals surface area contributed by atoms with Crippen molar-refractivity contribution in [1.82, 2.24) is 4.57 Å². The van der Waals surface area contributed by atoms with Crippen LogP contribution in [-0.2, 0) is 6.54 Å². The summed E-state index contributed by atoms with van der Waals surface area (Å²) in [5, 5.41) is 10.8. The van der Waals surface area contributed by atoms with Gasteiger partial charge in [-0.1, -0.05) is 0 Å². The molecule has 0 radical (unpaired) electrons. The van der Waals surface area contributed by atoms with Crippen LogP contribution in [-0.4, -0.2) is 22.1 Å². The van der Waals surface area contributed by atoms with Gasteiger partial charge in [0, 0.05) is 12.3 Å². The summed E-state index contributed by atoms with van der Waals surface area (Å²) in [4.78, 5) is 21.2. The SMILES string of the molecule is O=Cc1cccn1Cc1occc1NC(=O)O. The predicted molar refractivity (Wildman–Crippen MR) is 59.3 cm³/mol. The summed E-state index contributed by atoms with van der Waals surface area (Å²) >= 11 is 0. The van der Waals surface area contributed by atoms with Crippen molar-refractivity contribution in [2.24, 2.45) is 0 Å². The second-order valence-electron chi connectivity index (χ2n) is 3.37. The number of carbonyl (C=O) groups excluding carboxylic acids is 1. The van der Waals surface area contributed by atoms with Crippen LogP contribution in [0.1, 0.15) is 16.2 Å². The first kappa shape index (κ1) is 11.0. The quantitative estimate of drug-likeness (QED) is 0.792. The van der Waals surface area contributed by atoms with Gasteiger partial charge in [-0.2, -0.15) is 0 Å². The van der Waals surface area contributed by atoms with Crippen molar-refractivity contribution in [3.8, 4) is 0 Å². The molecule has 0 fully saturated rings. The van der Waals surface area contributed by atoms with E-state index in [1.807, 2.05) is 0 Å². The lowest BCUT2D eigenvalue weighted by Crippen LogP contribution is -2.10. The van der Waals surface area contributed by atoms with E-state index in [0.717, 1.165) is 6.29 Å². The molecule has 6 nitrogen and oxygen atoms in total. The number of anilines is 1. The van der Waals surface area contributed by atoms with Gasteiger partial charge in [-0.3, -0.25) is 10.1 Å². The molecular weight excluding hydrogens is 224 g/mol. The number of rotatable bonds is 4. The molecule has 0 aromatic carbocycles. The fourth-order valence-electron chi connectivity index (χ4n) is 1.52. The summed E-state index contributed by atoms with van der Waals surface area (Å²) in [6, 6.07) is 4.92. The van der Waals surface area contributed by atoms with E-state index in [2.05, 4.69) is 5.32 Å². The first-order valence-corrected chi connectivity index (χ1v) is 4.87.